The lowest BCUT2D eigenvalue weighted by Crippen LogP contribution is -2.26. The molecule has 2 atom stereocenters. The third-order valence-corrected chi connectivity index (χ3v) is 3.02. The van der Waals surface area contributed by atoms with E-state index in [0.29, 0.717) is 12.0 Å². The standard InChI is InChI=1S/C11H17N3O/c1-8-5-6-11(14-13-8)12-10-4-2-3-9(10)7-15/h5-6,9-10,15H,2-4,7H2,1H3,(H,12,14). The molecule has 4 nitrogen and oxygen atoms in total. The molecule has 2 rings (SSSR count). The van der Waals surface area contributed by atoms with Crippen molar-refractivity contribution in [2.75, 3.05) is 11.9 Å². The number of nitrogens with zero attached hydrogens (tertiary/aromatic N) is 2. The van der Waals surface area contributed by atoms with Crippen LogP contribution in [-0.2, 0) is 0 Å². The summed E-state index contributed by atoms with van der Waals surface area (Å²) in [6, 6.07) is 4.24. The van der Waals surface area contributed by atoms with E-state index in [1.165, 1.54) is 6.42 Å². The Labute approximate surface area is 89.7 Å². The molecule has 0 spiro atoms. The monoisotopic (exact) mass is 207 g/mol. The smallest absolute Gasteiger partial charge is 0.148 e. The number of aliphatic hydroxyl groups excluding tert-OH is 1. The number of nitrogens with one attached hydrogen (secondary N) is 1. The molecule has 15 heavy (non-hydrogen) atoms. The summed E-state index contributed by atoms with van der Waals surface area (Å²) in [6.07, 6.45) is 3.40. The highest BCUT2D eigenvalue weighted by molar-refractivity contribution is 5.34. The molecule has 0 bridgehead atoms. The average molecular weight is 207 g/mol. The molecule has 1 aromatic heterocycles. The van der Waals surface area contributed by atoms with Crippen LogP contribution >= 0.6 is 0 Å². The Morgan fingerprint density at radius 3 is 2.93 bits per heavy atom. The predicted octanol–water partition coefficient (Wildman–Crippen LogP) is 1.36. The number of hydrogen-bond acceptors (Lipinski definition) is 4. The van der Waals surface area contributed by atoms with E-state index >= 15 is 0 Å². The van der Waals surface area contributed by atoms with Gasteiger partial charge in [-0.1, -0.05) is 6.42 Å². The fraction of sp³-hybridized carbons (Fsp3) is 0.636. The van der Waals surface area contributed by atoms with Crippen molar-refractivity contribution < 1.29 is 5.11 Å². The first-order valence-corrected chi connectivity index (χ1v) is 5.47. The SMILES string of the molecule is Cc1ccc(NC2CCCC2CO)nn1. The summed E-state index contributed by atoms with van der Waals surface area (Å²) >= 11 is 0. The van der Waals surface area contributed by atoms with Crippen molar-refractivity contribution in [3.05, 3.63) is 17.8 Å². The lowest BCUT2D eigenvalue weighted by Gasteiger charge is -2.19. The summed E-state index contributed by atoms with van der Waals surface area (Å²) < 4.78 is 0. The molecular weight excluding hydrogens is 190 g/mol. The largest absolute Gasteiger partial charge is 0.396 e. The van der Waals surface area contributed by atoms with Crippen LogP contribution in [0.3, 0.4) is 0 Å². The van der Waals surface area contributed by atoms with Crippen molar-refractivity contribution in [2.24, 2.45) is 5.92 Å². The second-order valence-corrected chi connectivity index (χ2v) is 4.18. The number of anilines is 1. The quantitative estimate of drug-likeness (QED) is 0.785. The highest BCUT2D eigenvalue weighted by Gasteiger charge is 2.26. The molecule has 0 radical (unpaired) electrons. The molecule has 1 aliphatic carbocycles. The van der Waals surface area contributed by atoms with Crippen molar-refractivity contribution in [1.29, 1.82) is 0 Å². The molecule has 0 aliphatic heterocycles. The van der Waals surface area contributed by atoms with E-state index in [0.717, 1.165) is 24.4 Å². The normalized spacial score (nSPS) is 25.5. The lowest BCUT2D eigenvalue weighted by atomic mass is 10.1. The van der Waals surface area contributed by atoms with Crippen LogP contribution in [0, 0.1) is 12.8 Å². The van der Waals surface area contributed by atoms with E-state index in [4.69, 9.17) is 0 Å². The summed E-state index contributed by atoms with van der Waals surface area (Å²) in [5.74, 6) is 1.18. The number of aromatic nitrogens is 2. The molecule has 2 N–H and O–H groups in total. The Bertz CT molecular complexity index is 312. The summed E-state index contributed by atoms with van der Waals surface area (Å²) in [6.45, 7) is 2.18. The van der Waals surface area contributed by atoms with Crippen molar-refractivity contribution in [2.45, 2.75) is 32.2 Å². The van der Waals surface area contributed by atoms with Crippen LogP contribution in [0.25, 0.3) is 0 Å². The van der Waals surface area contributed by atoms with Crippen LogP contribution in [0.1, 0.15) is 25.0 Å². The van der Waals surface area contributed by atoms with E-state index in [1.54, 1.807) is 0 Å². The van der Waals surface area contributed by atoms with Gasteiger partial charge in [-0.25, -0.2) is 0 Å². The molecule has 2 unspecified atom stereocenters. The molecule has 1 heterocycles. The molecule has 0 aromatic carbocycles. The highest BCUT2D eigenvalue weighted by Crippen LogP contribution is 2.27. The summed E-state index contributed by atoms with van der Waals surface area (Å²) in [5.41, 5.74) is 0.922. The zero-order valence-corrected chi connectivity index (χ0v) is 8.98. The minimum atomic E-state index is 0.261. The van der Waals surface area contributed by atoms with Gasteiger partial charge in [0.1, 0.15) is 5.82 Å². The zero-order valence-electron chi connectivity index (χ0n) is 8.98. The molecule has 1 aliphatic rings. The van der Waals surface area contributed by atoms with Gasteiger partial charge in [-0.3, -0.25) is 0 Å². The number of rotatable bonds is 3. The Hall–Kier alpha value is -1.16. The lowest BCUT2D eigenvalue weighted by molar-refractivity contribution is 0.222. The van der Waals surface area contributed by atoms with E-state index in [2.05, 4.69) is 15.5 Å². The second kappa shape index (κ2) is 4.57. The Kier molecular flexibility index (Phi) is 3.16. The van der Waals surface area contributed by atoms with Crippen molar-refractivity contribution in [1.82, 2.24) is 10.2 Å². The number of hydrogen-bond donors (Lipinski definition) is 2. The first-order valence-electron chi connectivity index (χ1n) is 5.47. The van der Waals surface area contributed by atoms with Gasteiger partial charge in [-0.05, 0) is 31.9 Å². The minimum absolute atomic E-state index is 0.261. The summed E-state index contributed by atoms with van der Waals surface area (Å²) in [5, 5.41) is 20.6. The maximum absolute atomic E-state index is 9.18. The molecule has 0 amide bonds. The molecule has 0 saturated heterocycles. The topological polar surface area (TPSA) is 58.0 Å². The van der Waals surface area contributed by atoms with Crippen LogP contribution in [0.2, 0.25) is 0 Å². The van der Waals surface area contributed by atoms with Crippen molar-refractivity contribution >= 4 is 5.82 Å². The van der Waals surface area contributed by atoms with Crippen LogP contribution in [0.5, 0.6) is 0 Å². The minimum Gasteiger partial charge on any atom is -0.396 e. The van der Waals surface area contributed by atoms with Crippen molar-refractivity contribution in [3.8, 4) is 0 Å². The van der Waals surface area contributed by atoms with Gasteiger partial charge in [0.05, 0.1) is 5.69 Å². The number of aliphatic hydroxyl groups is 1. The molecule has 82 valence electrons. The van der Waals surface area contributed by atoms with E-state index in [-0.39, 0.29) is 6.61 Å². The average Bonchev–Trinajstić information content (AvgIpc) is 2.69. The van der Waals surface area contributed by atoms with Crippen LogP contribution in [-0.4, -0.2) is 28.0 Å². The van der Waals surface area contributed by atoms with Gasteiger partial charge in [0.2, 0.25) is 0 Å². The molecule has 1 aromatic rings. The van der Waals surface area contributed by atoms with Gasteiger partial charge in [-0.15, -0.1) is 5.10 Å². The fourth-order valence-electron chi connectivity index (χ4n) is 2.11. The van der Waals surface area contributed by atoms with Crippen LogP contribution < -0.4 is 5.32 Å². The third-order valence-electron chi connectivity index (χ3n) is 3.02. The van der Waals surface area contributed by atoms with Gasteiger partial charge in [0.15, 0.2) is 0 Å². The maximum atomic E-state index is 9.18. The zero-order chi connectivity index (χ0) is 10.7. The van der Waals surface area contributed by atoms with Crippen LogP contribution in [0.4, 0.5) is 5.82 Å². The second-order valence-electron chi connectivity index (χ2n) is 4.18. The van der Waals surface area contributed by atoms with Gasteiger partial charge in [0, 0.05) is 18.6 Å². The Morgan fingerprint density at radius 1 is 1.40 bits per heavy atom. The predicted molar refractivity (Wildman–Crippen MR) is 58.6 cm³/mol. The Balaban J connectivity index is 1.99. The van der Waals surface area contributed by atoms with Gasteiger partial charge >= 0.3 is 0 Å². The Morgan fingerprint density at radius 2 is 2.27 bits per heavy atom. The molecule has 1 saturated carbocycles. The first kappa shape index (κ1) is 10.4. The van der Waals surface area contributed by atoms with Gasteiger partial charge in [0.25, 0.3) is 0 Å². The van der Waals surface area contributed by atoms with E-state index in [9.17, 15) is 5.11 Å². The first-order chi connectivity index (χ1) is 7.29. The van der Waals surface area contributed by atoms with Gasteiger partial charge < -0.3 is 10.4 Å². The maximum Gasteiger partial charge on any atom is 0.148 e. The molecule has 1 fully saturated rings. The van der Waals surface area contributed by atoms with Gasteiger partial charge in [-0.2, -0.15) is 5.10 Å². The number of aryl methyl sites for hydroxylation is 1. The fourth-order valence-corrected chi connectivity index (χ4v) is 2.11. The van der Waals surface area contributed by atoms with E-state index in [1.807, 2.05) is 19.1 Å². The summed E-state index contributed by atoms with van der Waals surface area (Å²) in [4.78, 5) is 0. The highest BCUT2D eigenvalue weighted by atomic mass is 16.3. The summed E-state index contributed by atoms with van der Waals surface area (Å²) in [7, 11) is 0. The van der Waals surface area contributed by atoms with Crippen molar-refractivity contribution in [3.63, 3.8) is 0 Å². The van der Waals surface area contributed by atoms with Crippen LogP contribution in [0.15, 0.2) is 12.1 Å². The molecule has 4 heteroatoms. The third kappa shape index (κ3) is 2.45. The van der Waals surface area contributed by atoms with E-state index < -0.39 is 0 Å². The molecular formula is C11H17N3O.